The van der Waals surface area contributed by atoms with Gasteiger partial charge in [-0.25, -0.2) is 8.42 Å². The van der Waals surface area contributed by atoms with Crippen LogP contribution in [0.4, 0.5) is 0 Å². The summed E-state index contributed by atoms with van der Waals surface area (Å²) in [5.41, 5.74) is 1.28. The minimum Gasteiger partial charge on any atom is -0.460 e. The highest BCUT2D eigenvalue weighted by molar-refractivity contribution is 7.89. The van der Waals surface area contributed by atoms with Crippen molar-refractivity contribution in [3.8, 4) is 0 Å². The van der Waals surface area contributed by atoms with E-state index in [1.165, 1.54) is 25.3 Å². The van der Waals surface area contributed by atoms with Crippen molar-refractivity contribution >= 4 is 16.0 Å². The third kappa shape index (κ3) is 7.76. The van der Waals surface area contributed by atoms with Gasteiger partial charge in [0, 0.05) is 19.6 Å². The summed E-state index contributed by atoms with van der Waals surface area (Å²) in [5.74, 6) is -1.79. The molecule has 13 heteroatoms. The smallest absolute Gasteiger partial charge is 0.324 e. The number of hydrogen-bond acceptors (Lipinski definition) is 10. The predicted molar refractivity (Wildman–Crippen MR) is 145 cm³/mol. The van der Waals surface area contributed by atoms with Gasteiger partial charge < -0.3 is 23.7 Å². The molecule has 0 amide bonds. The number of nitrogens with one attached hydrogen (secondary N) is 1. The normalized spacial score (nSPS) is 24.5. The Labute approximate surface area is 238 Å². The Balaban J connectivity index is 1.53. The molecule has 0 aromatic heterocycles. The lowest BCUT2D eigenvalue weighted by Crippen LogP contribution is -2.42. The van der Waals surface area contributed by atoms with Crippen LogP contribution in [0.25, 0.3) is 0 Å². The molecule has 4 rings (SSSR count). The number of rotatable bonds is 12. The molecule has 0 saturated carbocycles. The topological polar surface area (TPSA) is 153 Å². The zero-order valence-corrected chi connectivity index (χ0v) is 24.0. The number of nitrogens with zero attached hydrogens (tertiary/aromatic N) is 1. The molecular formula is C28H34N2O10S. The second kappa shape index (κ2) is 12.8. The first kappa shape index (κ1) is 30.8. The van der Waals surface area contributed by atoms with Gasteiger partial charge in [0.15, 0.2) is 12.1 Å². The molecule has 2 saturated heterocycles. The Kier molecular flexibility index (Phi) is 9.57. The maximum atomic E-state index is 13.1. The number of methoxy groups -OCH3 is 1. The fourth-order valence-electron chi connectivity index (χ4n) is 4.66. The number of hydrogen-bond donors (Lipinski definition) is 1. The fourth-order valence-corrected chi connectivity index (χ4v) is 5.88. The quantitative estimate of drug-likeness (QED) is 0.222. The molecule has 41 heavy (non-hydrogen) atoms. The van der Waals surface area contributed by atoms with Crippen LogP contribution in [0.1, 0.15) is 37.8 Å². The van der Waals surface area contributed by atoms with E-state index in [4.69, 9.17) is 23.7 Å². The monoisotopic (exact) mass is 590 g/mol. The van der Waals surface area contributed by atoms with Crippen molar-refractivity contribution in [3.63, 3.8) is 0 Å². The van der Waals surface area contributed by atoms with Crippen molar-refractivity contribution in [2.45, 2.75) is 81.5 Å². The molecule has 1 N–H and O–H groups in total. The molecular weight excluding hydrogens is 556 g/mol. The molecule has 2 heterocycles. The summed E-state index contributed by atoms with van der Waals surface area (Å²) >= 11 is 0. The first-order valence-corrected chi connectivity index (χ1v) is 14.6. The van der Waals surface area contributed by atoms with Crippen LogP contribution in [0.5, 0.6) is 0 Å². The average molecular weight is 591 g/mol. The Morgan fingerprint density at radius 3 is 2.41 bits per heavy atom. The van der Waals surface area contributed by atoms with Gasteiger partial charge in [-0.2, -0.15) is 4.72 Å². The second-order valence-electron chi connectivity index (χ2n) is 10.3. The fraction of sp³-hybridized carbons (Fsp3) is 0.464. The Hall–Kier alpha value is -3.20. The van der Waals surface area contributed by atoms with Crippen molar-refractivity contribution < 1.29 is 41.8 Å². The highest BCUT2D eigenvalue weighted by Crippen LogP contribution is 2.39. The molecule has 2 fully saturated rings. The SMILES string of the molecule is CO[C@@H]1O[C@H](/C=C(/CC[C@H](NS(=O)(=O)c2ccc(C)cc2)C(=O)OCc2ccccc2)[N+](=O)[O-])[C@H]2OC(C)(C)O[C@@H]12. The van der Waals surface area contributed by atoms with E-state index in [2.05, 4.69) is 4.72 Å². The Morgan fingerprint density at radius 1 is 1.12 bits per heavy atom. The van der Waals surface area contributed by atoms with E-state index in [-0.39, 0.29) is 30.0 Å². The molecule has 2 aromatic rings. The Morgan fingerprint density at radius 2 is 1.78 bits per heavy atom. The van der Waals surface area contributed by atoms with E-state index in [0.29, 0.717) is 5.56 Å². The van der Waals surface area contributed by atoms with Gasteiger partial charge in [0.1, 0.15) is 31.0 Å². The maximum absolute atomic E-state index is 13.1. The number of allylic oxidation sites excluding steroid dienone is 1. The minimum absolute atomic E-state index is 0.0500. The van der Waals surface area contributed by atoms with Gasteiger partial charge in [-0.1, -0.05) is 48.0 Å². The van der Waals surface area contributed by atoms with Crippen LogP contribution in [0.3, 0.4) is 0 Å². The molecule has 0 bridgehead atoms. The summed E-state index contributed by atoms with van der Waals surface area (Å²) in [4.78, 5) is 24.5. The van der Waals surface area contributed by atoms with E-state index in [1.807, 2.05) is 13.0 Å². The van der Waals surface area contributed by atoms with Gasteiger partial charge in [-0.15, -0.1) is 0 Å². The molecule has 0 aliphatic carbocycles. The standard InChI is InChI=1S/C28H34N2O10S/c1-18-10-13-21(14-11-18)41(34,35)29-22(26(31)37-17-19-8-6-5-7-9-19)15-12-20(30(32)33)16-23-24-25(27(36-4)38-23)40-28(2,3)39-24/h5-11,13-14,16,22-25,27,29H,12,15,17H2,1-4H3/b20-16-/t22-,23+,24+,25+,27+/m0/s1. The summed E-state index contributed by atoms with van der Waals surface area (Å²) in [6.45, 7) is 5.16. The van der Waals surface area contributed by atoms with E-state index in [9.17, 15) is 23.3 Å². The van der Waals surface area contributed by atoms with E-state index >= 15 is 0 Å². The van der Waals surface area contributed by atoms with Gasteiger partial charge in [0.05, 0.1) is 9.82 Å². The zero-order valence-electron chi connectivity index (χ0n) is 23.2. The molecule has 0 radical (unpaired) electrons. The van der Waals surface area contributed by atoms with Gasteiger partial charge in [0.2, 0.25) is 15.7 Å². The second-order valence-corrected chi connectivity index (χ2v) is 12.0. The van der Waals surface area contributed by atoms with Crippen molar-refractivity contribution in [2.75, 3.05) is 7.11 Å². The van der Waals surface area contributed by atoms with Gasteiger partial charge in [-0.05, 0) is 44.9 Å². The number of ether oxygens (including phenoxy) is 5. The number of sulfonamides is 1. The van der Waals surface area contributed by atoms with Gasteiger partial charge in [0.25, 0.3) is 0 Å². The molecule has 2 aromatic carbocycles. The third-order valence-electron chi connectivity index (χ3n) is 6.70. The Bertz CT molecular complexity index is 1360. The number of carbonyl (C=O) groups excluding carboxylic acids is 1. The highest BCUT2D eigenvalue weighted by Gasteiger charge is 2.55. The minimum atomic E-state index is -4.15. The van der Waals surface area contributed by atoms with Gasteiger partial charge in [-0.3, -0.25) is 14.9 Å². The van der Waals surface area contributed by atoms with Crippen LogP contribution in [0.2, 0.25) is 0 Å². The summed E-state index contributed by atoms with van der Waals surface area (Å²) in [7, 11) is -2.71. The molecule has 12 nitrogen and oxygen atoms in total. The molecule has 0 unspecified atom stereocenters. The summed E-state index contributed by atoms with van der Waals surface area (Å²) in [6.07, 6.45) is -2.13. The van der Waals surface area contributed by atoms with Crippen molar-refractivity contribution in [2.24, 2.45) is 0 Å². The third-order valence-corrected chi connectivity index (χ3v) is 8.18. The number of benzene rings is 2. The number of nitro groups is 1. The maximum Gasteiger partial charge on any atom is 0.324 e. The van der Waals surface area contributed by atoms with Crippen molar-refractivity contribution in [1.82, 2.24) is 4.72 Å². The number of carbonyl (C=O) groups is 1. The molecule has 2 aliphatic heterocycles. The van der Waals surface area contributed by atoms with Crippen LogP contribution in [-0.4, -0.2) is 62.9 Å². The van der Waals surface area contributed by atoms with Crippen molar-refractivity contribution in [3.05, 3.63) is 87.6 Å². The van der Waals surface area contributed by atoms with E-state index in [0.717, 1.165) is 5.56 Å². The lowest BCUT2D eigenvalue weighted by molar-refractivity contribution is -0.428. The largest absolute Gasteiger partial charge is 0.460 e. The number of fused-ring (bicyclic) bond motifs is 1. The lowest BCUT2D eigenvalue weighted by atomic mass is 10.1. The van der Waals surface area contributed by atoms with Crippen LogP contribution < -0.4 is 4.72 Å². The molecule has 2 aliphatic rings. The highest BCUT2D eigenvalue weighted by atomic mass is 32.2. The first-order valence-electron chi connectivity index (χ1n) is 13.1. The molecule has 5 atom stereocenters. The van der Waals surface area contributed by atoms with Crippen LogP contribution in [0.15, 0.2) is 71.3 Å². The van der Waals surface area contributed by atoms with Crippen LogP contribution >= 0.6 is 0 Å². The summed E-state index contributed by atoms with van der Waals surface area (Å²) in [6, 6.07) is 13.6. The first-order chi connectivity index (χ1) is 19.4. The lowest BCUT2D eigenvalue weighted by Gasteiger charge is -2.22. The predicted octanol–water partition coefficient (Wildman–Crippen LogP) is 3.22. The van der Waals surface area contributed by atoms with E-state index in [1.54, 1.807) is 50.2 Å². The summed E-state index contributed by atoms with van der Waals surface area (Å²) < 4.78 is 56.8. The zero-order chi connectivity index (χ0) is 29.8. The number of aryl methyl sites for hydroxylation is 1. The van der Waals surface area contributed by atoms with E-state index < -0.39 is 57.3 Å². The average Bonchev–Trinajstić information content (AvgIpc) is 3.41. The summed E-state index contributed by atoms with van der Waals surface area (Å²) in [5, 5.41) is 12.0. The van der Waals surface area contributed by atoms with Gasteiger partial charge >= 0.3 is 5.97 Å². The van der Waals surface area contributed by atoms with Crippen molar-refractivity contribution in [1.29, 1.82) is 0 Å². The molecule has 0 spiro atoms. The molecule has 222 valence electrons. The van der Waals surface area contributed by atoms with Crippen LogP contribution in [0, 0.1) is 17.0 Å². The number of esters is 1. The van der Waals surface area contributed by atoms with Crippen LogP contribution in [-0.2, 0) is 45.1 Å².